The zero-order valence-corrected chi connectivity index (χ0v) is 19.5. The van der Waals surface area contributed by atoms with Crippen molar-refractivity contribution in [3.05, 3.63) is 70.3 Å². The fraction of sp³-hybridized carbons (Fsp3) is 0.385. The normalized spacial score (nSPS) is 14.0. The molecule has 0 radical (unpaired) electrons. The van der Waals surface area contributed by atoms with E-state index >= 15 is 0 Å². The highest BCUT2D eigenvalue weighted by atomic mass is 16.2. The Morgan fingerprint density at radius 3 is 2.59 bits per heavy atom. The number of nitrogens with zero attached hydrogens (tertiary/aromatic N) is 5. The number of nitrogens with one attached hydrogen (secondary N) is 1. The van der Waals surface area contributed by atoms with Crippen LogP contribution in [0.2, 0.25) is 0 Å². The van der Waals surface area contributed by atoms with E-state index in [0.29, 0.717) is 29.9 Å². The van der Waals surface area contributed by atoms with E-state index in [0.717, 1.165) is 24.1 Å². The number of amides is 1. The number of carbonyl (C=O) groups is 1. The van der Waals surface area contributed by atoms with Gasteiger partial charge in [0.2, 0.25) is 0 Å². The molecule has 0 spiro atoms. The number of aromatic nitrogens is 3. The van der Waals surface area contributed by atoms with Crippen molar-refractivity contribution in [2.24, 2.45) is 0 Å². The molecule has 0 saturated carbocycles. The smallest absolute Gasteiger partial charge is 0.272 e. The number of rotatable bonds is 8. The average molecular weight is 459 g/mol. The lowest BCUT2D eigenvalue weighted by molar-refractivity contribution is 0.0786. The van der Waals surface area contributed by atoms with E-state index < -0.39 is 0 Å². The number of pyridine rings is 1. The summed E-state index contributed by atoms with van der Waals surface area (Å²) in [5.74, 6) is 0.464. The third-order valence-electron chi connectivity index (χ3n) is 6.28. The molecule has 1 saturated heterocycles. The van der Waals surface area contributed by atoms with Crippen LogP contribution < -0.4 is 5.56 Å². The molecule has 1 aliphatic heterocycles. The molecule has 0 bridgehead atoms. The molecule has 0 atom stereocenters. The van der Waals surface area contributed by atoms with Gasteiger partial charge in [0.25, 0.3) is 11.5 Å². The van der Waals surface area contributed by atoms with Crippen molar-refractivity contribution in [3.63, 3.8) is 0 Å². The second kappa shape index (κ2) is 10.9. The van der Waals surface area contributed by atoms with Crippen molar-refractivity contribution in [1.82, 2.24) is 24.6 Å². The van der Waals surface area contributed by atoms with Gasteiger partial charge >= 0.3 is 0 Å². The second-order valence-corrected chi connectivity index (χ2v) is 8.77. The molecule has 8 heteroatoms. The molecule has 4 rings (SSSR count). The van der Waals surface area contributed by atoms with E-state index in [1.165, 1.54) is 32.4 Å². The van der Waals surface area contributed by atoms with Gasteiger partial charge in [-0.15, -0.1) is 0 Å². The lowest BCUT2D eigenvalue weighted by Crippen LogP contribution is -2.34. The number of benzene rings is 1. The van der Waals surface area contributed by atoms with Crippen LogP contribution in [0.25, 0.3) is 16.9 Å². The third-order valence-corrected chi connectivity index (χ3v) is 6.28. The monoisotopic (exact) mass is 458 g/mol. The lowest BCUT2D eigenvalue weighted by atomic mass is 10.1. The minimum Gasteiger partial charge on any atom is -0.342 e. The molecule has 3 heterocycles. The maximum atomic E-state index is 12.8. The minimum absolute atomic E-state index is 0.0585. The van der Waals surface area contributed by atoms with Gasteiger partial charge < -0.3 is 9.80 Å². The van der Waals surface area contributed by atoms with Crippen molar-refractivity contribution in [3.8, 4) is 23.0 Å². The predicted molar refractivity (Wildman–Crippen MR) is 131 cm³/mol. The maximum absolute atomic E-state index is 12.8. The van der Waals surface area contributed by atoms with E-state index in [1.807, 2.05) is 31.3 Å². The van der Waals surface area contributed by atoms with Crippen molar-refractivity contribution in [2.75, 3.05) is 33.2 Å². The Kier molecular flexibility index (Phi) is 7.55. The zero-order valence-electron chi connectivity index (χ0n) is 19.5. The Morgan fingerprint density at radius 2 is 1.91 bits per heavy atom. The van der Waals surface area contributed by atoms with E-state index in [9.17, 15) is 9.59 Å². The summed E-state index contributed by atoms with van der Waals surface area (Å²) in [6.07, 6.45) is 8.40. The standard InChI is InChI=1S/C26H30N6O2/c1-30(14-5-17-31-15-3-2-4-16-31)26(34)22-10-11-24(28-18-22)32-19-23(25(33)29-32)21-8-6-20(7-9-21)12-13-27/h6-11,18-19H,2-5,12,14-17H2,1H3,(H,29,33). The molecule has 1 fully saturated rings. The molecule has 1 amide bonds. The van der Waals surface area contributed by atoms with Crippen molar-refractivity contribution in [2.45, 2.75) is 32.1 Å². The molecular formula is C26H30N6O2. The van der Waals surface area contributed by atoms with E-state index in [1.54, 1.807) is 34.1 Å². The van der Waals surface area contributed by atoms with Gasteiger partial charge in [-0.05, 0) is 62.2 Å². The number of piperidine rings is 1. The Balaban J connectivity index is 1.38. The molecule has 0 unspecified atom stereocenters. The van der Waals surface area contributed by atoms with E-state index in [-0.39, 0.29) is 11.5 Å². The summed E-state index contributed by atoms with van der Waals surface area (Å²) >= 11 is 0. The van der Waals surface area contributed by atoms with Gasteiger partial charge in [-0.1, -0.05) is 30.7 Å². The fourth-order valence-corrected chi connectivity index (χ4v) is 4.30. The largest absolute Gasteiger partial charge is 0.342 e. The summed E-state index contributed by atoms with van der Waals surface area (Å²) in [6, 6.07) is 12.9. The number of carbonyl (C=O) groups excluding carboxylic acids is 1. The summed E-state index contributed by atoms with van der Waals surface area (Å²) in [5.41, 5.74) is 2.47. The van der Waals surface area contributed by atoms with Crippen LogP contribution >= 0.6 is 0 Å². The highest BCUT2D eigenvalue weighted by Gasteiger charge is 2.15. The highest BCUT2D eigenvalue weighted by Crippen LogP contribution is 2.18. The molecule has 1 aromatic carbocycles. The Bertz CT molecular complexity index is 1200. The topological polar surface area (TPSA) is 98.0 Å². The molecule has 2 aromatic heterocycles. The maximum Gasteiger partial charge on any atom is 0.272 e. The summed E-state index contributed by atoms with van der Waals surface area (Å²) in [7, 11) is 1.82. The Morgan fingerprint density at radius 1 is 1.15 bits per heavy atom. The van der Waals surface area contributed by atoms with Crippen LogP contribution in [0.4, 0.5) is 0 Å². The number of hydrogen-bond acceptors (Lipinski definition) is 5. The Hall–Kier alpha value is -3.70. The molecular weight excluding hydrogens is 428 g/mol. The SMILES string of the molecule is CN(CCCN1CCCCC1)C(=O)c1ccc(-n2cc(-c3ccc(CC#N)cc3)c(=O)[nH]2)nc1. The first kappa shape index (κ1) is 23.5. The first-order valence-corrected chi connectivity index (χ1v) is 11.8. The summed E-state index contributed by atoms with van der Waals surface area (Å²) < 4.78 is 1.55. The summed E-state index contributed by atoms with van der Waals surface area (Å²) in [6.45, 7) is 4.06. The third kappa shape index (κ3) is 5.61. The van der Waals surface area contributed by atoms with Crippen LogP contribution in [0.3, 0.4) is 0 Å². The van der Waals surface area contributed by atoms with Gasteiger partial charge in [0.1, 0.15) is 0 Å². The molecule has 3 aromatic rings. The van der Waals surface area contributed by atoms with Gasteiger partial charge in [-0.25, -0.2) is 9.67 Å². The van der Waals surface area contributed by atoms with Crippen molar-refractivity contribution >= 4 is 5.91 Å². The van der Waals surface area contributed by atoms with Gasteiger partial charge in [0, 0.05) is 26.0 Å². The molecule has 1 aliphatic rings. The van der Waals surface area contributed by atoms with Gasteiger partial charge in [0.15, 0.2) is 5.82 Å². The van der Waals surface area contributed by atoms with Crippen molar-refractivity contribution < 1.29 is 4.79 Å². The fourth-order valence-electron chi connectivity index (χ4n) is 4.30. The van der Waals surface area contributed by atoms with Crippen LogP contribution in [-0.2, 0) is 6.42 Å². The van der Waals surface area contributed by atoms with E-state index in [2.05, 4.69) is 21.1 Å². The summed E-state index contributed by atoms with van der Waals surface area (Å²) in [5, 5.41) is 11.6. The van der Waals surface area contributed by atoms with Gasteiger partial charge in [-0.2, -0.15) is 5.26 Å². The lowest BCUT2D eigenvalue weighted by Gasteiger charge is -2.27. The van der Waals surface area contributed by atoms with E-state index in [4.69, 9.17) is 5.26 Å². The molecule has 176 valence electrons. The molecule has 34 heavy (non-hydrogen) atoms. The number of likely N-dealkylation sites (tertiary alicyclic amines) is 1. The second-order valence-electron chi connectivity index (χ2n) is 8.77. The number of aromatic amines is 1. The first-order chi connectivity index (χ1) is 16.5. The minimum atomic E-state index is -0.233. The average Bonchev–Trinajstić information content (AvgIpc) is 3.26. The quantitative estimate of drug-likeness (QED) is 0.559. The number of hydrogen-bond donors (Lipinski definition) is 1. The molecule has 0 aliphatic carbocycles. The van der Waals surface area contributed by atoms with Gasteiger partial charge in [-0.3, -0.25) is 14.7 Å². The first-order valence-electron chi connectivity index (χ1n) is 11.8. The highest BCUT2D eigenvalue weighted by molar-refractivity contribution is 5.93. The zero-order chi connectivity index (χ0) is 23.9. The van der Waals surface area contributed by atoms with Crippen LogP contribution in [0.5, 0.6) is 0 Å². The van der Waals surface area contributed by atoms with Crippen LogP contribution in [-0.4, -0.2) is 63.7 Å². The number of nitriles is 1. The Labute approximate surface area is 199 Å². The molecule has 1 N–H and O–H groups in total. The summed E-state index contributed by atoms with van der Waals surface area (Å²) in [4.78, 5) is 33.9. The van der Waals surface area contributed by atoms with Crippen molar-refractivity contribution in [1.29, 1.82) is 5.26 Å². The van der Waals surface area contributed by atoms with Crippen LogP contribution in [0.1, 0.15) is 41.6 Å². The predicted octanol–water partition coefficient (Wildman–Crippen LogP) is 3.24. The van der Waals surface area contributed by atoms with Crippen LogP contribution in [0.15, 0.2) is 53.6 Å². The number of H-pyrrole nitrogens is 1. The van der Waals surface area contributed by atoms with Gasteiger partial charge in [0.05, 0.1) is 23.6 Å². The molecule has 8 nitrogen and oxygen atoms in total. The van der Waals surface area contributed by atoms with Crippen LogP contribution in [0, 0.1) is 11.3 Å².